The molecule has 7 heteroatoms. The second-order valence-electron chi connectivity index (χ2n) is 3.66. The Morgan fingerprint density at radius 3 is 2.37 bits per heavy atom. The molecule has 98 valence electrons. The van der Waals surface area contributed by atoms with E-state index < -0.39 is 15.8 Å². The molecule has 0 unspecified atom stereocenters. The van der Waals surface area contributed by atoms with E-state index in [1.54, 1.807) is 0 Å². The summed E-state index contributed by atoms with van der Waals surface area (Å²) in [5.74, 6) is -1.12. The van der Waals surface area contributed by atoms with E-state index in [1.807, 2.05) is 0 Å². The van der Waals surface area contributed by atoms with E-state index in [0.717, 1.165) is 5.41 Å². The van der Waals surface area contributed by atoms with Gasteiger partial charge >= 0.3 is 5.97 Å². The number of sulfone groups is 1. The lowest BCUT2D eigenvalue weighted by Gasteiger charge is -2.03. The maximum Gasteiger partial charge on any atom is 0.356 e. The molecule has 2 rings (SSSR count). The molecule has 19 heavy (non-hydrogen) atoms. The fourth-order valence-electron chi connectivity index (χ4n) is 1.47. The standard InChI is InChI=1S/C12H10N2O4S/c1-2-19(17,18)10-5-3-9(4-6-10)14-8-7-11(13-14)12(15)16/h2-8H,1H2,(H,15,16). The van der Waals surface area contributed by atoms with Crippen LogP contribution in [0.3, 0.4) is 0 Å². The molecule has 1 aromatic carbocycles. The Morgan fingerprint density at radius 1 is 1.26 bits per heavy atom. The first-order valence-electron chi connectivity index (χ1n) is 5.21. The van der Waals surface area contributed by atoms with Crippen molar-refractivity contribution in [2.24, 2.45) is 0 Å². The molecule has 0 radical (unpaired) electrons. The number of rotatable bonds is 4. The molecule has 0 amide bonds. The number of carboxylic acids is 1. The van der Waals surface area contributed by atoms with Gasteiger partial charge in [-0.2, -0.15) is 5.10 Å². The first-order chi connectivity index (χ1) is 8.94. The lowest BCUT2D eigenvalue weighted by atomic mass is 10.3. The van der Waals surface area contributed by atoms with Crippen molar-refractivity contribution in [1.82, 2.24) is 9.78 Å². The van der Waals surface area contributed by atoms with Gasteiger partial charge in [0, 0.05) is 11.6 Å². The fraction of sp³-hybridized carbons (Fsp3) is 0. The summed E-state index contributed by atoms with van der Waals surface area (Å²) < 4.78 is 24.4. The molecule has 0 aliphatic heterocycles. The van der Waals surface area contributed by atoms with Gasteiger partial charge in [-0.1, -0.05) is 6.58 Å². The van der Waals surface area contributed by atoms with E-state index in [1.165, 1.54) is 41.2 Å². The first kappa shape index (κ1) is 13.0. The molecule has 0 atom stereocenters. The quantitative estimate of drug-likeness (QED) is 0.915. The molecule has 0 spiro atoms. The predicted octanol–water partition coefficient (Wildman–Crippen LogP) is 1.49. The lowest BCUT2D eigenvalue weighted by Crippen LogP contribution is -2.01. The minimum absolute atomic E-state index is 0.0808. The van der Waals surface area contributed by atoms with Gasteiger partial charge in [0.25, 0.3) is 0 Å². The average molecular weight is 278 g/mol. The van der Waals surface area contributed by atoms with Crippen molar-refractivity contribution < 1.29 is 18.3 Å². The van der Waals surface area contributed by atoms with Crippen molar-refractivity contribution in [3.63, 3.8) is 0 Å². The van der Waals surface area contributed by atoms with E-state index >= 15 is 0 Å². The number of aromatic nitrogens is 2. The van der Waals surface area contributed by atoms with E-state index in [9.17, 15) is 13.2 Å². The summed E-state index contributed by atoms with van der Waals surface area (Å²) in [5.41, 5.74) is 0.485. The van der Waals surface area contributed by atoms with E-state index in [4.69, 9.17) is 5.11 Å². The minimum atomic E-state index is -3.47. The maximum absolute atomic E-state index is 11.5. The van der Waals surface area contributed by atoms with Crippen LogP contribution in [0.4, 0.5) is 0 Å². The molecule has 0 aliphatic rings. The summed E-state index contributed by atoms with van der Waals surface area (Å²) in [7, 11) is -3.47. The zero-order valence-electron chi connectivity index (χ0n) is 9.72. The van der Waals surface area contributed by atoms with Crippen molar-refractivity contribution in [2.75, 3.05) is 0 Å². The summed E-state index contributed by atoms with van der Waals surface area (Å²) >= 11 is 0. The van der Waals surface area contributed by atoms with Gasteiger partial charge in [0.2, 0.25) is 0 Å². The summed E-state index contributed by atoms with van der Waals surface area (Å²) in [6, 6.07) is 7.25. The molecule has 1 aromatic heterocycles. The van der Waals surface area contributed by atoms with E-state index in [0.29, 0.717) is 5.69 Å². The highest BCUT2D eigenvalue weighted by atomic mass is 32.2. The molecule has 0 aliphatic carbocycles. The van der Waals surface area contributed by atoms with Crippen LogP contribution in [0.2, 0.25) is 0 Å². The molecule has 0 fully saturated rings. The third kappa shape index (κ3) is 2.55. The number of aromatic carboxylic acids is 1. The second kappa shape index (κ2) is 4.69. The Hall–Kier alpha value is -2.41. The summed E-state index contributed by atoms with van der Waals surface area (Å²) in [4.78, 5) is 10.8. The molecule has 1 N–H and O–H groups in total. The Bertz CT molecular complexity index is 729. The van der Waals surface area contributed by atoms with Crippen molar-refractivity contribution in [2.45, 2.75) is 4.90 Å². The average Bonchev–Trinajstić information content (AvgIpc) is 2.88. The monoisotopic (exact) mass is 278 g/mol. The van der Waals surface area contributed by atoms with Crippen molar-refractivity contribution >= 4 is 15.8 Å². The third-order valence-electron chi connectivity index (χ3n) is 2.46. The molecular weight excluding hydrogens is 268 g/mol. The van der Waals surface area contributed by atoms with Crippen LogP contribution in [0, 0.1) is 0 Å². The smallest absolute Gasteiger partial charge is 0.356 e. The van der Waals surface area contributed by atoms with Gasteiger partial charge in [-0.05, 0) is 30.3 Å². The van der Waals surface area contributed by atoms with Crippen LogP contribution in [0.25, 0.3) is 5.69 Å². The minimum Gasteiger partial charge on any atom is -0.476 e. The number of carboxylic acid groups (broad SMARTS) is 1. The highest BCUT2D eigenvalue weighted by molar-refractivity contribution is 7.94. The van der Waals surface area contributed by atoms with Crippen molar-refractivity contribution in [1.29, 1.82) is 0 Å². The Kier molecular flexibility index (Phi) is 3.22. The molecule has 2 aromatic rings. The third-order valence-corrected chi connectivity index (χ3v) is 3.83. The SMILES string of the molecule is C=CS(=O)(=O)c1ccc(-n2ccc(C(=O)O)n2)cc1. The van der Waals surface area contributed by atoms with E-state index in [-0.39, 0.29) is 10.6 Å². The van der Waals surface area contributed by atoms with Gasteiger partial charge in [-0.3, -0.25) is 0 Å². The highest BCUT2D eigenvalue weighted by Crippen LogP contribution is 2.15. The fourth-order valence-corrected chi connectivity index (χ4v) is 2.17. The van der Waals surface area contributed by atoms with Gasteiger partial charge < -0.3 is 5.11 Å². The summed E-state index contributed by atoms with van der Waals surface area (Å²) in [6.07, 6.45) is 1.49. The van der Waals surface area contributed by atoms with Crippen LogP contribution < -0.4 is 0 Å². The van der Waals surface area contributed by atoms with Crippen molar-refractivity contribution in [3.05, 3.63) is 54.2 Å². The Balaban J connectivity index is 2.37. The molecular formula is C12H10N2O4S. The van der Waals surface area contributed by atoms with E-state index in [2.05, 4.69) is 11.7 Å². The number of carbonyl (C=O) groups is 1. The molecule has 6 nitrogen and oxygen atoms in total. The largest absolute Gasteiger partial charge is 0.476 e. The molecule has 0 saturated carbocycles. The van der Waals surface area contributed by atoms with Crippen molar-refractivity contribution in [3.8, 4) is 5.69 Å². The molecule has 0 saturated heterocycles. The van der Waals surface area contributed by atoms with Gasteiger partial charge in [0.15, 0.2) is 15.5 Å². The first-order valence-corrected chi connectivity index (χ1v) is 6.75. The van der Waals surface area contributed by atoms with Crippen LogP contribution in [-0.4, -0.2) is 29.3 Å². The Morgan fingerprint density at radius 2 is 1.89 bits per heavy atom. The normalized spacial score (nSPS) is 11.2. The predicted molar refractivity (Wildman–Crippen MR) is 67.9 cm³/mol. The van der Waals surface area contributed by atoms with Gasteiger partial charge in [-0.25, -0.2) is 17.9 Å². The van der Waals surface area contributed by atoms with Gasteiger partial charge in [0.05, 0.1) is 10.6 Å². The zero-order chi connectivity index (χ0) is 14.0. The Labute approximate surface area is 109 Å². The lowest BCUT2D eigenvalue weighted by molar-refractivity contribution is 0.0690. The van der Waals surface area contributed by atoms with Crippen LogP contribution in [0.5, 0.6) is 0 Å². The van der Waals surface area contributed by atoms with Crippen LogP contribution in [0.15, 0.2) is 53.4 Å². The number of benzene rings is 1. The number of nitrogens with zero attached hydrogens (tertiary/aromatic N) is 2. The maximum atomic E-state index is 11.5. The number of hydrogen-bond acceptors (Lipinski definition) is 4. The second-order valence-corrected chi connectivity index (χ2v) is 5.55. The molecule has 1 heterocycles. The number of hydrogen-bond donors (Lipinski definition) is 1. The summed E-state index contributed by atoms with van der Waals surface area (Å²) in [5, 5.41) is 13.5. The summed E-state index contributed by atoms with van der Waals surface area (Å²) in [6.45, 7) is 3.24. The molecule has 0 bridgehead atoms. The topological polar surface area (TPSA) is 89.3 Å². The van der Waals surface area contributed by atoms with Gasteiger partial charge in [-0.15, -0.1) is 0 Å². The van der Waals surface area contributed by atoms with Crippen LogP contribution in [-0.2, 0) is 9.84 Å². The zero-order valence-corrected chi connectivity index (χ0v) is 10.5. The highest BCUT2D eigenvalue weighted by Gasteiger charge is 2.11. The van der Waals surface area contributed by atoms with Crippen LogP contribution >= 0.6 is 0 Å². The van der Waals surface area contributed by atoms with Gasteiger partial charge in [0.1, 0.15) is 0 Å². The van der Waals surface area contributed by atoms with Crippen LogP contribution in [0.1, 0.15) is 10.5 Å².